The Morgan fingerprint density at radius 3 is 2.38 bits per heavy atom. The van der Waals surface area contributed by atoms with E-state index in [1.807, 2.05) is 59.2 Å². The van der Waals surface area contributed by atoms with Crippen molar-refractivity contribution in [3.63, 3.8) is 0 Å². The molecule has 0 amide bonds. The maximum absolute atomic E-state index is 10.2. The SMILES string of the molecule is COc1ccc(-c2nnc(SCC(O)COCC(C)C)n2-c2ccccc2)cc1. The summed E-state index contributed by atoms with van der Waals surface area (Å²) < 4.78 is 12.8. The third-order valence-electron chi connectivity index (χ3n) is 4.16. The summed E-state index contributed by atoms with van der Waals surface area (Å²) in [7, 11) is 1.65. The van der Waals surface area contributed by atoms with Crippen LogP contribution in [0.15, 0.2) is 59.8 Å². The molecule has 0 fully saturated rings. The molecular formula is C22H27N3O3S. The number of rotatable bonds is 10. The van der Waals surface area contributed by atoms with Gasteiger partial charge in [-0.1, -0.05) is 43.8 Å². The monoisotopic (exact) mass is 413 g/mol. The van der Waals surface area contributed by atoms with Crippen molar-refractivity contribution in [2.45, 2.75) is 25.1 Å². The van der Waals surface area contributed by atoms with Gasteiger partial charge in [-0.3, -0.25) is 4.57 Å². The van der Waals surface area contributed by atoms with E-state index in [1.165, 1.54) is 11.8 Å². The number of benzene rings is 2. The second-order valence-corrected chi connectivity index (χ2v) is 8.09. The maximum Gasteiger partial charge on any atom is 0.196 e. The first-order valence-electron chi connectivity index (χ1n) is 9.62. The molecule has 154 valence electrons. The summed E-state index contributed by atoms with van der Waals surface area (Å²) in [6.07, 6.45) is -0.566. The number of ether oxygens (including phenoxy) is 2. The Morgan fingerprint density at radius 1 is 1.00 bits per heavy atom. The van der Waals surface area contributed by atoms with Gasteiger partial charge in [0.1, 0.15) is 5.75 Å². The van der Waals surface area contributed by atoms with Gasteiger partial charge < -0.3 is 14.6 Å². The predicted molar refractivity (Wildman–Crippen MR) is 116 cm³/mol. The molecule has 0 spiro atoms. The largest absolute Gasteiger partial charge is 0.497 e. The fourth-order valence-corrected chi connectivity index (χ4v) is 3.62. The first-order valence-corrected chi connectivity index (χ1v) is 10.6. The third kappa shape index (κ3) is 5.82. The summed E-state index contributed by atoms with van der Waals surface area (Å²) in [5.74, 6) is 2.46. The van der Waals surface area contributed by atoms with Crippen LogP contribution in [0.2, 0.25) is 0 Å². The normalized spacial score (nSPS) is 12.3. The summed E-state index contributed by atoms with van der Waals surface area (Å²) in [6.45, 7) is 5.13. The molecule has 1 unspecified atom stereocenters. The number of thioether (sulfide) groups is 1. The lowest BCUT2D eigenvalue weighted by Crippen LogP contribution is -2.20. The van der Waals surface area contributed by atoms with E-state index in [4.69, 9.17) is 9.47 Å². The number of methoxy groups -OCH3 is 1. The third-order valence-corrected chi connectivity index (χ3v) is 5.24. The van der Waals surface area contributed by atoms with E-state index in [-0.39, 0.29) is 0 Å². The van der Waals surface area contributed by atoms with Crippen LogP contribution in [0.1, 0.15) is 13.8 Å². The zero-order valence-corrected chi connectivity index (χ0v) is 17.8. The summed E-state index contributed by atoms with van der Waals surface area (Å²) in [6, 6.07) is 17.7. The van der Waals surface area contributed by atoms with Crippen LogP contribution in [0.3, 0.4) is 0 Å². The van der Waals surface area contributed by atoms with Gasteiger partial charge in [-0.2, -0.15) is 0 Å². The Balaban J connectivity index is 1.81. The number of hydrogen-bond acceptors (Lipinski definition) is 6. The molecule has 0 bridgehead atoms. The summed E-state index contributed by atoms with van der Waals surface area (Å²) in [5.41, 5.74) is 1.91. The first kappa shape index (κ1) is 21.4. The van der Waals surface area contributed by atoms with Crippen molar-refractivity contribution in [2.75, 3.05) is 26.1 Å². The van der Waals surface area contributed by atoms with E-state index in [9.17, 15) is 5.11 Å². The zero-order chi connectivity index (χ0) is 20.6. The van der Waals surface area contributed by atoms with Crippen LogP contribution in [0.4, 0.5) is 0 Å². The second kappa shape index (κ2) is 10.4. The molecule has 0 saturated carbocycles. The van der Waals surface area contributed by atoms with Gasteiger partial charge in [0, 0.05) is 23.6 Å². The Labute approximate surface area is 175 Å². The average Bonchev–Trinajstić information content (AvgIpc) is 3.16. The van der Waals surface area contributed by atoms with Crippen LogP contribution in [0.25, 0.3) is 17.1 Å². The van der Waals surface area contributed by atoms with Gasteiger partial charge in [-0.25, -0.2) is 0 Å². The van der Waals surface area contributed by atoms with E-state index >= 15 is 0 Å². The van der Waals surface area contributed by atoms with Crippen molar-refractivity contribution < 1.29 is 14.6 Å². The first-order chi connectivity index (χ1) is 14.1. The van der Waals surface area contributed by atoms with Gasteiger partial charge in [-0.05, 0) is 42.3 Å². The number of aliphatic hydroxyl groups is 1. The lowest BCUT2D eigenvalue weighted by molar-refractivity contribution is 0.0364. The minimum Gasteiger partial charge on any atom is -0.497 e. The molecule has 1 atom stereocenters. The van der Waals surface area contributed by atoms with E-state index < -0.39 is 6.10 Å². The van der Waals surface area contributed by atoms with Crippen LogP contribution in [-0.4, -0.2) is 52.1 Å². The second-order valence-electron chi connectivity index (χ2n) is 7.10. The minimum absolute atomic E-state index is 0.315. The number of para-hydroxylation sites is 1. The van der Waals surface area contributed by atoms with Crippen LogP contribution in [0, 0.1) is 5.92 Å². The maximum atomic E-state index is 10.2. The Bertz CT molecular complexity index is 882. The topological polar surface area (TPSA) is 69.4 Å². The number of hydrogen-bond donors (Lipinski definition) is 1. The predicted octanol–water partition coefficient (Wildman–Crippen LogP) is 4.07. The van der Waals surface area contributed by atoms with Gasteiger partial charge in [0.25, 0.3) is 0 Å². The van der Waals surface area contributed by atoms with Crippen LogP contribution in [0.5, 0.6) is 5.75 Å². The van der Waals surface area contributed by atoms with Crippen LogP contribution < -0.4 is 4.74 Å². The standard InChI is InChI=1S/C22H27N3O3S/c1-16(2)13-28-14-19(26)15-29-22-24-23-21(17-9-11-20(27-3)12-10-17)25(22)18-7-5-4-6-8-18/h4-12,16,19,26H,13-15H2,1-3H3. The Morgan fingerprint density at radius 2 is 1.72 bits per heavy atom. The number of aliphatic hydroxyl groups excluding tert-OH is 1. The lowest BCUT2D eigenvalue weighted by Gasteiger charge is -2.13. The fraction of sp³-hybridized carbons (Fsp3) is 0.364. The van der Waals surface area contributed by atoms with Crippen molar-refractivity contribution in [3.8, 4) is 22.8 Å². The number of nitrogens with zero attached hydrogens (tertiary/aromatic N) is 3. The van der Waals surface area contributed by atoms with Gasteiger partial charge in [-0.15, -0.1) is 10.2 Å². The van der Waals surface area contributed by atoms with E-state index in [0.717, 1.165) is 28.0 Å². The highest BCUT2D eigenvalue weighted by molar-refractivity contribution is 7.99. The number of aromatic nitrogens is 3. The molecule has 0 saturated heterocycles. The molecule has 3 rings (SSSR count). The molecule has 6 nitrogen and oxygen atoms in total. The molecule has 1 N–H and O–H groups in total. The molecule has 3 aromatic rings. The molecular weight excluding hydrogens is 386 g/mol. The van der Waals surface area contributed by atoms with Gasteiger partial charge >= 0.3 is 0 Å². The van der Waals surface area contributed by atoms with Crippen LogP contribution in [-0.2, 0) is 4.74 Å². The van der Waals surface area contributed by atoms with Crippen molar-refractivity contribution in [1.29, 1.82) is 0 Å². The molecule has 0 aliphatic rings. The minimum atomic E-state index is -0.566. The quantitative estimate of drug-likeness (QED) is 0.505. The summed E-state index contributed by atoms with van der Waals surface area (Å²) >= 11 is 1.47. The molecule has 0 aliphatic carbocycles. The van der Waals surface area contributed by atoms with Crippen molar-refractivity contribution in [2.24, 2.45) is 5.92 Å². The van der Waals surface area contributed by atoms with Gasteiger partial charge in [0.05, 0.1) is 19.8 Å². The smallest absolute Gasteiger partial charge is 0.196 e. The van der Waals surface area contributed by atoms with Gasteiger partial charge in [0.2, 0.25) is 0 Å². The molecule has 7 heteroatoms. The highest BCUT2D eigenvalue weighted by Gasteiger charge is 2.17. The van der Waals surface area contributed by atoms with E-state index in [1.54, 1.807) is 7.11 Å². The average molecular weight is 414 g/mol. The summed E-state index contributed by atoms with van der Waals surface area (Å²) in [5, 5.41) is 19.8. The Kier molecular flexibility index (Phi) is 7.69. The molecule has 1 heterocycles. The Hall–Kier alpha value is -2.35. The molecule has 2 aromatic carbocycles. The van der Waals surface area contributed by atoms with Gasteiger partial charge in [0.15, 0.2) is 11.0 Å². The molecule has 0 aliphatic heterocycles. The molecule has 29 heavy (non-hydrogen) atoms. The van der Waals surface area contributed by atoms with E-state index in [0.29, 0.717) is 24.9 Å². The molecule has 0 radical (unpaired) electrons. The van der Waals surface area contributed by atoms with Crippen molar-refractivity contribution in [3.05, 3.63) is 54.6 Å². The zero-order valence-electron chi connectivity index (χ0n) is 17.0. The van der Waals surface area contributed by atoms with Crippen molar-refractivity contribution >= 4 is 11.8 Å². The summed E-state index contributed by atoms with van der Waals surface area (Å²) in [4.78, 5) is 0. The lowest BCUT2D eigenvalue weighted by atomic mass is 10.2. The van der Waals surface area contributed by atoms with Crippen LogP contribution >= 0.6 is 11.8 Å². The fourth-order valence-electron chi connectivity index (χ4n) is 2.76. The molecule has 1 aromatic heterocycles. The highest BCUT2D eigenvalue weighted by Crippen LogP contribution is 2.29. The van der Waals surface area contributed by atoms with Crippen molar-refractivity contribution in [1.82, 2.24) is 14.8 Å². The van der Waals surface area contributed by atoms with E-state index in [2.05, 4.69) is 24.0 Å². The highest BCUT2D eigenvalue weighted by atomic mass is 32.2.